The van der Waals surface area contributed by atoms with Crippen molar-refractivity contribution in [3.05, 3.63) is 119 Å². The molecule has 128 valence electrons. The molecule has 4 aromatic rings. The minimum atomic E-state index is -0.0278. The zero-order valence-corrected chi connectivity index (χ0v) is 14.3. The Kier molecular flexibility index (Phi) is 4.48. The largest absolute Gasteiger partial charge is 0.330 e. The SMILES string of the molecule is O=c1ccccn1-c1ccc(Cn2cncc2Cc2ccccc2)cc1. The number of imidazole rings is 1. The first kappa shape index (κ1) is 16.1. The highest BCUT2D eigenvalue weighted by Crippen LogP contribution is 2.13. The first-order valence-electron chi connectivity index (χ1n) is 8.59. The van der Waals surface area contributed by atoms with E-state index in [1.807, 2.05) is 36.8 Å². The third-order valence-electron chi connectivity index (χ3n) is 4.42. The Balaban J connectivity index is 1.53. The number of hydrogen-bond acceptors (Lipinski definition) is 2. The van der Waals surface area contributed by atoms with Gasteiger partial charge in [0.2, 0.25) is 0 Å². The zero-order chi connectivity index (χ0) is 17.8. The van der Waals surface area contributed by atoms with Crippen molar-refractivity contribution in [2.24, 2.45) is 0 Å². The van der Waals surface area contributed by atoms with Gasteiger partial charge in [0.1, 0.15) is 0 Å². The summed E-state index contributed by atoms with van der Waals surface area (Å²) in [5.74, 6) is 0. The van der Waals surface area contributed by atoms with Gasteiger partial charge in [-0.1, -0.05) is 48.5 Å². The van der Waals surface area contributed by atoms with Crippen molar-refractivity contribution in [2.75, 3.05) is 0 Å². The third-order valence-corrected chi connectivity index (χ3v) is 4.42. The molecular weight excluding hydrogens is 322 g/mol. The quantitative estimate of drug-likeness (QED) is 0.556. The molecule has 0 fully saturated rings. The first-order valence-corrected chi connectivity index (χ1v) is 8.59. The molecule has 0 saturated heterocycles. The summed E-state index contributed by atoms with van der Waals surface area (Å²) in [5.41, 5.74) is 4.46. The van der Waals surface area contributed by atoms with E-state index in [-0.39, 0.29) is 5.56 Å². The summed E-state index contributed by atoms with van der Waals surface area (Å²) in [6.45, 7) is 0.756. The van der Waals surface area contributed by atoms with Crippen LogP contribution in [0.4, 0.5) is 0 Å². The van der Waals surface area contributed by atoms with E-state index in [1.165, 1.54) is 16.8 Å². The molecule has 0 unspecified atom stereocenters. The van der Waals surface area contributed by atoms with Crippen LogP contribution in [0.1, 0.15) is 16.8 Å². The Bertz CT molecular complexity index is 1050. The lowest BCUT2D eigenvalue weighted by Crippen LogP contribution is -2.15. The molecule has 0 amide bonds. The second kappa shape index (κ2) is 7.23. The molecule has 0 aliphatic rings. The highest BCUT2D eigenvalue weighted by molar-refractivity contribution is 5.35. The van der Waals surface area contributed by atoms with Crippen LogP contribution in [0.2, 0.25) is 0 Å². The Hall–Kier alpha value is -3.40. The van der Waals surface area contributed by atoms with Gasteiger partial charge in [-0.25, -0.2) is 4.98 Å². The van der Waals surface area contributed by atoms with Crippen LogP contribution in [0, 0.1) is 0 Å². The van der Waals surface area contributed by atoms with E-state index >= 15 is 0 Å². The van der Waals surface area contributed by atoms with Crippen molar-refractivity contribution in [2.45, 2.75) is 13.0 Å². The fraction of sp³-hybridized carbons (Fsp3) is 0.0909. The van der Waals surface area contributed by atoms with Gasteiger partial charge in [0.15, 0.2) is 0 Å². The number of nitrogens with zero attached hydrogens (tertiary/aromatic N) is 3. The van der Waals surface area contributed by atoms with Crippen LogP contribution in [0.25, 0.3) is 5.69 Å². The summed E-state index contributed by atoms with van der Waals surface area (Å²) in [6.07, 6.45) is 6.43. The predicted octanol–water partition coefficient (Wildman–Crippen LogP) is 3.67. The monoisotopic (exact) mass is 341 g/mol. The molecule has 2 heterocycles. The van der Waals surface area contributed by atoms with E-state index in [9.17, 15) is 4.79 Å². The van der Waals surface area contributed by atoms with E-state index in [4.69, 9.17) is 0 Å². The van der Waals surface area contributed by atoms with Crippen molar-refractivity contribution < 1.29 is 0 Å². The molecule has 2 aromatic heterocycles. The normalized spacial score (nSPS) is 10.8. The summed E-state index contributed by atoms with van der Waals surface area (Å²) in [7, 11) is 0. The smallest absolute Gasteiger partial charge is 0.255 e. The Morgan fingerprint density at radius 3 is 2.35 bits per heavy atom. The van der Waals surface area contributed by atoms with Gasteiger partial charge in [-0.3, -0.25) is 9.36 Å². The van der Waals surface area contributed by atoms with Gasteiger partial charge in [0.25, 0.3) is 5.56 Å². The maximum absolute atomic E-state index is 11.9. The standard InChI is InChI=1S/C22H19N3O/c26-22-8-4-5-13-25(22)20-11-9-19(10-12-20)16-24-17-23-15-21(24)14-18-6-2-1-3-7-18/h1-13,15,17H,14,16H2. The van der Waals surface area contributed by atoms with Crippen molar-refractivity contribution in [1.82, 2.24) is 14.1 Å². The van der Waals surface area contributed by atoms with Gasteiger partial charge in [-0.05, 0) is 29.3 Å². The fourth-order valence-corrected chi connectivity index (χ4v) is 3.04. The molecule has 26 heavy (non-hydrogen) atoms. The average molecular weight is 341 g/mol. The van der Waals surface area contributed by atoms with Crippen LogP contribution in [0.15, 0.2) is 96.3 Å². The predicted molar refractivity (Wildman–Crippen MR) is 103 cm³/mol. The number of benzene rings is 2. The summed E-state index contributed by atoms with van der Waals surface area (Å²) >= 11 is 0. The van der Waals surface area contributed by atoms with Crippen LogP contribution >= 0.6 is 0 Å². The van der Waals surface area contributed by atoms with E-state index in [0.717, 1.165) is 18.7 Å². The lowest BCUT2D eigenvalue weighted by molar-refractivity contribution is 0.753. The third kappa shape index (κ3) is 3.49. The Morgan fingerprint density at radius 2 is 1.58 bits per heavy atom. The molecule has 2 aromatic carbocycles. The molecule has 0 bridgehead atoms. The van der Waals surface area contributed by atoms with Crippen LogP contribution in [-0.2, 0) is 13.0 Å². The molecule has 0 atom stereocenters. The lowest BCUT2D eigenvalue weighted by atomic mass is 10.1. The molecule has 0 saturated carbocycles. The molecule has 4 rings (SSSR count). The average Bonchev–Trinajstić information content (AvgIpc) is 3.10. The number of pyridine rings is 1. The van der Waals surface area contributed by atoms with Crippen molar-refractivity contribution in [3.8, 4) is 5.69 Å². The number of hydrogen-bond donors (Lipinski definition) is 0. The van der Waals surface area contributed by atoms with Gasteiger partial charge in [0, 0.05) is 42.8 Å². The molecule has 4 heteroatoms. The Labute approximate surface area is 152 Å². The molecule has 0 aliphatic heterocycles. The minimum absolute atomic E-state index is 0.0278. The van der Waals surface area contributed by atoms with Crippen LogP contribution < -0.4 is 5.56 Å². The van der Waals surface area contributed by atoms with Gasteiger partial charge in [-0.15, -0.1) is 0 Å². The second-order valence-electron chi connectivity index (χ2n) is 6.25. The molecule has 0 aliphatic carbocycles. The molecule has 4 nitrogen and oxygen atoms in total. The van der Waals surface area contributed by atoms with Crippen molar-refractivity contribution in [3.63, 3.8) is 0 Å². The van der Waals surface area contributed by atoms with Crippen molar-refractivity contribution in [1.29, 1.82) is 0 Å². The summed E-state index contributed by atoms with van der Waals surface area (Å²) in [6, 6.07) is 23.6. The molecule has 0 radical (unpaired) electrons. The number of rotatable bonds is 5. The molecule has 0 N–H and O–H groups in total. The van der Waals surface area contributed by atoms with E-state index in [1.54, 1.807) is 22.9 Å². The molecular formula is C22H19N3O. The fourth-order valence-electron chi connectivity index (χ4n) is 3.04. The van der Waals surface area contributed by atoms with Gasteiger partial charge in [-0.2, -0.15) is 0 Å². The van der Waals surface area contributed by atoms with Gasteiger partial charge < -0.3 is 4.57 Å². The zero-order valence-electron chi connectivity index (χ0n) is 14.3. The first-order chi connectivity index (χ1) is 12.8. The highest BCUT2D eigenvalue weighted by atomic mass is 16.1. The topological polar surface area (TPSA) is 39.8 Å². The molecule has 0 spiro atoms. The number of aromatic nitrogens is 3. The lowest BCUT2D eigenvalue weighted by Gasteiger charge is -2.10. The summed E-state index contributed by atoms with van der Waals surface area (Å²) in [4.78, 5) is 16.2. The minimum Gasteiger partial charge on any atom is -0.330 e. The van der Waals surface area contributed by atoms with Gasteiger partial charge in [0.05, 0.1) is 6.33 Å². The highest BCUT2D eigenvalue weighted by Gasteiger charge is 2.05. The summed E-state index contributed by atoms with van der Waals surface area (Å²) in [5, 5.41) is 0. The Morgan fingerprint density at radius 1 is 0.808 bits per heavy atom. The maximum atomic E-state index is 11.9. The van der Waals surface area contributed by atoms with Crippen LogP contribution in [0.5, 0.6) is 0 Å². The van der Waals surface area contributed by atoms with Crippen LogP contribution in [0.3, 0.4) is 0 Å². The van der Waals surface area contributed by atoms with E-state index < -0.39 is 0 Å². The summed E-state index contributed by atoms with van der Waals surface area (Å²) < 4.78 is 3.80. The maximum Gasteiger partial charge on any atom is 0.255 e. The second-order valence-corrected chi connectivity index (χ2v) is 6.25. The van der Waals surface area contributed by atoms with E-state index in [2.05, 4.69) is 45.9 Å². The van der Waals surface area contributed by atoms with Crippen molar-refractivity contribution >= 4 is 0 Å². The van der Waals surface area contributed by atoms with Crippen LogP contribution in [-0.4, -0.2) is 14.1 Å². The van der Waals surface area contributed by atoms with E-state index in [0.29, 0.717) is 0 Å². The van der Waals surface area contributed by atoms with Gasteiger partial charge >= 0.3 is 0 Å².